The number of carboxylic acid groups (broad SMARTS) is 1. The van der Waals surface area contributed by atoms with Crippen LogP contribution >= 0.6 is 0 Å². The zero-order chi connectivity index (χ0) is 12.0. The average Bonchev–Trinajstić information content (AvgIpc) is 2.16. The van der Waals surface area contributed by atoms with Crippen molar-refractivity contribution in [1.82, 2.24) is 4.72 Å². The lowest BCUT2D eigenvalue weighted by Crippen LogP contribution is -2.26. The van der Waals surface area contributed by atoms with Gasteiger partial charge in [-0.05, 0) is 18.1 Å². The van der Waals surface area contributed by atoms with Crippen LogP contribution in [0.25, 0.3) is 0 Å². The Bertz CT molecular complexity index is 525. The molecule has 0 saturated carbocycles. The van der Waals surface area contributed by atoms with Gasteiger partial charge in [0.05, 0.1) is 0 Å². The zero-order valence-electron chi connectivity index (χ0n) is 8.17. The van der Waals surface area contributed by atoms with Gasteiger partial charge in [0, 0.05) is 11.6 Å². The summed E-state index contributed by atoms with van der Waals surface area (Å²) in [4.78, 5) is 10.2. The summed E-state index contributed by atoms with van der Waals surface area (Å²) in [5.74, 6) is 0.129. The lowest BCUT2D eigenvalue weighted by molar-refractivity contribution is -0.134. The Morgan fingerprint density at radius 3 is 2.50 bits per heavy atom. The zero-order valence-corrected chi connectivity index (χ0v) is 8.99. The Balaban J connectivity index is 2.65. The summed E-state index contributed by atoms with van der Waals surface area (Å²) in [5, 5.41) is 8.30. The lowest BCUT2D eigenvalue weighted by atomic mass is 10.2. The number of carboxylic acids is 1. The van der Waals surface area contributed by atoms with Gasteiger partial charge >= 0.3 is 5.97 Å². The van der Waals surface area contributed by atoms with Gasteiger partial charge in [-0.1, -0.05) is 18.2 Å². The van der Waals surface area contributed by atoms with Crippen LogP contribution in [0.1, 0.15) is 5.56 Å². The fourth-order valence-electron chi connectivity index (χ4n) is 0.896. The Kier molecular flexibility index (Phi) is 3.91. The Morgan fingerprint density at radius 1 is 1.31 bits per heavy atom. The van der Waals surface area contributed by atoms with Gasteiger partial charge in [0.2, 0.25) is 10.0 Å². The fraction of sp³-hybridized carbons (Fsp3) is 0.100. The highest BCUT2D eigenvalue weighted by Gasteiger charge is 2.12. The molecule has 1 aromatic carbocycles. The number of hydrogen-bond donors (Lipinski definition) is 2. The molecular weight excluding hydrogens is 230 g/mol. The number of sulfonamides is 1. The van der Waals surface area contributed by atoms with Crippen LogP contribution < -0.4 is 4.72 Å². The first-order valence-corrected chi connectivity index (χ1v) is 5.92. The molecule has 0 aliphatic carbocycles. The molecule has 0 fully saturated rings. The number of aliphatic carboxylic acids is 1. The van der Waals surface area contributed by atoms with E-state index in [9.17, 15) is 13.2 Å². The normalized spacial score (nSPS) is 10.0. The summed E-state index contributed by atoms with van der Waals surface area (Å²) >= 11 is 0. The third-order valence-corrected chi connectivity index (χ3v) is 2.54. The Labute approximate surface area is 93.2 Å². The smallest absolute Gasteiger partial charge is 0.320 e. The molecule has 0 aliphatic heterocycles. The van der Waals surface area contributed by atoms with Gasteiger partial charge in [0.1, 0.15) is 0 Å². The van der Waals surface area contributed by atoms with Crippen LogP contribution in [-0.4, -0.2) is 25.2 Å². The van der Waals surface area contributed by atoms with E-state index in [1.165, 1.54) is 0 Å². The summed E-state index contributed by atoms with van der Waals surface area (Å²) in [6.07, 6.45) is 0. The molecule has 0 spiro atoms. The van der Waals surface area contributed by atoms with E-state index < -0.39 is 21.7 Å². The van der Waals surface area contributed by atoms with Crippen molar-refractivity contribution in [2.45, 2.75) is 0 Å². The van der Waals surface area contributed by atoms with Gasteiger partial charge in [-0.2, -0.15) is 0 Å². The quantitative estimate of drug-likeness (QED) is 0.574. The maximum absolute atomic E-state index is 11.0. The van der Waals surface area contributed by atoms with Crippen LogP contribution in [0.4, 0.5) is 0 Å². The second-order valence-electron chi connectivity index (χ2n) is 2.87. The minimum atomic E-state index is -3.87. The van der Waals surface area contributed by atoms with Crippen LogP contribution in [0.15, 0.2) is 30.3 Å². The molecule has 1 aromatic rings. The first-order valence-electron chi connectivity index (χ1n) is 4.27. The van der Waals surface area contributed by atoms with Crippen LogP contribution in [0, 0.1) is 12.0 Å². The summed E-state index contributed by atoms with van der Waals surface area (Å²) < 4.78 is 23.9. The molecule has 0 amide bonds. The van der Waals surface area contributed by atoms with E-state index in [2.05, 4.69) is 12.0 Å². The molecule has 84 valence electrons. The van der Waals surface area contributed by atoms with Gasteiger partial charge in [0.25, 0.3) is 0 Å². The topological polar surface area (TPSA) is 83.5 Å². The van der Waals surface area contributed by atoms with Gasteiger partial charge in [0.15, 0.2) is 5.75 Å². The SMILES string of the molecule is O=C(O)CS(=O)(=O)NC#Cc1ccccc1. The number of nitrogens with one attached hydrogen (secondary N) is 1. The van der Waals surface area contributed by atoms with Crippen molar-refractivity contribution in [3.05, 3.63) is 35.9 Å². The standard InChI is InChI=1S/C10H9NO4S/c12-10(13)8-16(14,15)11-7-6-9-4-2-1-3-5-9/h1-5,11H,8H2,(H,12,13). The van der Waals surface area contributed by atoms with E-state index in [-0.39, 0.29) is 0 Å². The van der Waals surface area contributed by atoms with Crippen molar-refractivity contribution in [3.8, 4) is 12.0 Å². The highest BCUT2D eigenvalue weighted by Crippen LogP contribution is 1.94. The third kappa shape index (κ3) is 4.48. The second kappa shape index (κ2) is 5.19. The summed E-state index contributed by atoms with van der Waals surface area (Å²) in [5.41, 5.74) is 0.639. The number of carbonyl (C=O) groups is 1. The molecule has 0 atom stereocenters. The van der Waals surface area contributed by atoms with Crippen molar-refractivity contribution >= 4 is 16.0 Å². The molecule has 1 rings (SSSR count). The van der Waals surface area contributed by atoms with Crippen LogP contribution in [0.3, 0.4) is 0 Å². The van der Waals surface area contributed by atoms with Crippen molar-refractivity contribution < 1.29 is 18.3 Å². The van der Waals surface area contributed by atoms with Gasteiger partial charge in [-0.25, -0.2) is 13.1 Å². The summed E-state index contributed by atoms with van der Waals surface area (Å²) in [6, 6.07) is 10.9. The predicted octanol–water partition coefficient (Wildman–Crippen LogP) is -0.000400. The maximum Gasteiger partial charge on any atom is 0.320 e. The molecule has 5 nitrogen and oxygen atoms in total. The number of benzene rings is 1. The van der Waals surface area contributed by atoms with Crippen molar-refractivity contribution in [1.29, 1.82) is 0 Å². The maximum atomic E-state index is 11.0. The van der Waals surface area contributed by atoms with E-state index >= 15 is 0 Å². The van der Waals surface area contributed by atoms with E-state index in [1.807, 2.05) is 4.72 Å². The largest absolute Gasteiger partial charge is 0.480 e. The van der Waals surface area contributed by atoms with Crippen LogP contribution in [0.5, 0.6) is 0 Å². The number of hydrogen-bond acceptors (Lipinski definition) is 3. The van der Waals surface area contributed by atoms with Crippen LogP contribution in [-0.2, 0) is 14.8 Å². The highest BCUT2D eigenvalue weighted by molar-refractivity contribution is 7.90. The average molecular weight is 239 g/mol. The summed E-state index contributed by atoms with van der Waals surface area (Å²) in [6.45, 7) is 0. The molecule has 16 heavy (non-hydrogen) atoms. The molecule has 0 unspecified atom stereocenters. The summed E-state index contributed by atoms with van der Waals surface area (Å²) in [7, 11) is -3.87. The highest BCUT2D eigenvalue weighted by atomic mass is 32.2. The molecule has 0 heterocycles. The molecule has 2 N–H and O–H groups in total. The van der Waals surface area contributed by atoms with Gasteiger partial charge < -0.3 is 5.11 Å². The predicted molar refractivity (Wildman–Crippen MR) is 57.9 cm³/mol. The second-order valence-corrected chi connectivity index (χ2v) is 4.59. The van der Waals surface area contributed by atoms with Gasteiger partial charge in [-0.15, -0.1) is 0 Å². The van der Waals surface area contributed by atoms with E-state index in [0.29, 0.717) is 5.56 Å². The molecular formula is C10H9NO4S. The van der Waals surface area contributed by atoms with Crippen molar-refractivity contribution in [3.63, 3.8) is 0 Å². The monoisotopic (exact) mass is 239 g/mol. The Hall–Kier alpha value is -2.00. The first-order chi connectivity index (χ1) is 7.49. The first kappa shape index (κ1) is 12.1. The lowest BCUT2D eigenvalue weighted by Gasteiger charge is -1.96. The molecule has 0 bridgehead atoms. The van der Waals surface area contributed by atoms with Gasteiger partial charge in [-0.3, -0.25) is 4.79 Å². The third-order valence-electron chi connectivity index (χ3n) is 1.50. The van der Waals surface area contributed by atoms with E-state index in [0.717, 1.165) is 0 Å². The van der Waals surface area contributed by atoms with Crippen LogP contribution in [0.2, 0.25) is 0 Å². The molecule has 0 aliphatic rings. The van der Waals surface area contributed by atoms with E-state index in [4.69, 9.17) is 5.11 Å². The minimum absolute atomic E-state index is 0.639. The number of rotatable bonds is 3. The van der Waals surface area contributed by atoms with Crippen molar-refractivity contribution in [2.24, 2.45) is 0 Å². The fourth-order valence-corrected chi connectivity index (χ4v) is 1.50. The Morgan fingerprint density at radius 2 is 1.94 bits per heavy atom. The molecule has 0 aromatic heterocycles. The minimum Gasteiger partial charge on any atom is -0.480 e. The van der Waals surface area contributed by atoms with E-state index in [1.54, 1.807) is 30.3 Å². The molecule has 0 radical (unpaired) electrons. The molecule has 6 heteroatoms. The molecule has 0 saturated heterocycles. The van der Waals surface area contributed by atoms with Crippen molar-refractivity contribution in [2.75, 3.05) is 5.75 Å².